The van der Waals surface area contributed by atoms with Gasteiger partial charge in [0, 0.05) is 18.2 Å². The lowest BCUT2D eigenvalue weighted by Gasteiger charge is -2.24. The Bertz CT molecular complexity index is 1850. The smallest absolute Gasteiger partial charge is 0.264 e. The van der Waals surface area contributed by atoms with Crippen LogP contribution in [-0.2, 0) is 19.6 Å². The monoisotopic (exact) mass is 580 g/mol. The summed E-state index contributed by atoms with van der Waals surface area (Å²) in [6.07, 6.45) is 1.58. The molecule has 0 spiro atoms. The third kappa shape index (κ3) is 6.08. The molecule has 5 aromatic rings. The zero-order chi connectivity index (χ0) is 29.7. The highest BCUT2D eigenvalue weighted by molar-refractivity contribution is 7.92. The second-order valence-electron chi connectivity index (χ2n) is 9.44. The number of carbonyl (C=O) groups excluding carboxylic acids is 2. The molecule has 0 saturated carbocycles. The van der Waals surface area contributed by atoms with Crippen LogP contribution < -0.4 is 19.8 Å². The van der Waals surface area contributed by atoms with Gasteiger partial charge < -0.3 is 10.1 Å². The van der Waals surface area contributed by atoms with Crippen molar-refractivity contribution in [3.8, 4) is 5.75 Å². The predicted octanol–water partition coefficient (Wildman–Crippen LogP) is 5.31. The molecule has 0 aliphatic heterocycles. The van der Waals surface area contributed by atoms with Gasteiger partial charge in [0.1, 0.15) is 12.3 Å². The number of amides is 2. The number of rotatable bonds is 9. The summed E-state index contributed by atoms with van der Waals surface area (Å²) >= 11 is 0. The predicted molar refractivity (Wildman–Crippen MR) is 165 cm³/mol. The minimum atomic E-state index is -4.18. The third-order valence-electron chi connectivity index (χ3n) is 6.61. The molecule has 10 heteroatoms. The summed E-state index contributed by atoms with van der Waals surface area (Å²) in [5, 5.41) is 10.8. The average Bonchev–Trinajstić information content (AvgIpc) is 2.99. The molecule has 5 aromatic carbocycles. The number of nitrogens with one attached hydrogen (secondary N) is 2. The second-order valence-corrected chi connectivity index (χ2v) is 11.3. The van der Waals surface area contributed by atoms with Crippen molar-refractivity contribution in [1.82, 2.24) is 5.43 Å². The minimum Gasteiger partial charge on any atom is -0.497 e. The van der Waals surface area contributed by atoms with E-state index in [1.54, 1.807) is 30.5 Å². The number of sulfonamides is 1. The Hall–Kier alpha value is -5.22. The Labute approximate surface area is 243 Å². The maximum Gasteiger partial charge on any atom is 0.264 e. The van der Waals surface area contributed by atoms with E-state index in [1.807, 2.05) is 48.5 Å². The molecule has 2 amide bonds. The number of carbonyl (C=O) groups is 2. The quantitative estimate of drug-likeness (QED) is 0.139. The number of anilines is 2. The first-order valence-electron chi connectivity index (χ1n) is 13.0. The molecule has 0 unspecified atom stereocenters. The molecule has 9 nitrogen and oxygen atoms in total. The molecule has 0 aliphatic rings. The molecule has 0 atom stereocenters. The molecule has 0 aliphatic carbocycles. The maximum absolute atomic E-state index is 13.7. The summed E-state index contributed by atoms with van der Waals surface area (Å²) in [7, 11) is -2.68. The van der Waals surface area contributed by atoms with E-state index in [0.717, 1.165) is 31.4 Å². The number of fused-ring (bicyclic) bond motifs is 2. The van der Waals surface area contributed by atoms with E-state index in [9.17, 15) is 18.0 Å². The molecule has 0 heterocycles. The molecule has 0 fully saturated rings. The van der Waals surface area contributed by atoms with E-state index in [-0.39, 0.29) is 16.5 Å². The number of hydrogen-bond acceptors (Lipinski definition) is 6. The number of nitrogens with zero attached hydrogens (tertiary/aromatic N) is 2. The summed E-state index contributed by atoms with van der Waals surface area (Å²) in [5.41, 5.74) is 4.04. The number of hydrogen-bond donors (Lipinski definition) is 2. The zero-order valence-electron chi connectivity index (χ0n) is 22.9. The van der Waals surface area contributed by atoms with Crippen LogP contribution in [0.5, 0.6) is 5.75 Å². The van der Waals surface area contributed by atoms with Crippen LogP contribution in [0.1, 0.15) is 12.5 Å². The number of benzene rings is 5. The van der Waals surface area contributed by atoms with E-state index in [0.29, 0.717) is 11.4 Å². The Kier molecular flexibility index (Phi) is 8.16. The first kappa shape index (κ1) is 28.3. The molecule has 0 saturated heterocycles. The molecular formula is C32H28N4O5S. The summed E-state index contributed by atoms with van der Waals surface area (Å²) in [5.74, 6) is -0.378. The Morgan fingerprint density at radius 2 is 1.45 bits per heavy atom. The zero-order valence-corrected chi connectivity index (χ0v) is 23.8. The Morgan fingerprint density at radius 1 is 0.857 bits per heavy atom. The van der Waals surface area contributed by atoms with Gasteiger partial charge in [0.15, 0.2) is 0 Å². The minimum absolute atomic E-state index is 0.0500. The summed E-state index contributed by atoms with van der Waals surface area (Å²) in [6, 6.07) is 29.9. The normalized spacial score (nSPS) is 11.5. The van der Waals surface area contributed by atoms with Gasteiger partial charge >= 0.3 is 0 Å². The molecular weight excluding hydrogens is 552 g/mol. The lowest BCUT2D eigenvalue weighted by molar-refractivity contribution is -0.119. The highest BCUT2D eigenvalue weighted by Crippen LogP contribution is 2.28. The van der Waals surface area contributed by atoms with Crippen LogP contribution in [0.25, 0.3) is 21.5 Å². The van der Waals surface area contributed by atoms with Crippen LogP contribution in [0, 0.1) is 0 Å². The van der Waals surface area contributed by atoms with Gasteiger partial charge in [-0.2, -0.15) is 5.10 Å². The van der Waals surface area contributed by atoms with Gasteiger partial charge in [0.05, 0.1) is 23.9 Å². The first-order valence-corrected chi connectivity index (χ1v) is 14.5. The fourth-order valence-electron chi connectivity index (χ4n) is 4.63. The van der Waals surface area contributed by atoms with E-state index < -0.39 is 22.5 Å². The van der Waals surface area contributed by atoms with Crippen LogP contribution in [0.4, 0.5) is 11.4 Å². The Morgan fingerprint density at radius 3 is 2.02 bits per heavy atom. The van der Waals surface area contributed by atoms with Crippen LogP contribution in [0.15, 0.2) is 113 Å². The molecule has 0 aromatic heterocycles. The fraction of sp³-hybridized carbons (Fsp3) is 0.0938. The second kappa shape index (κ2) is 12.1. The van der Waals surface area contributed by atoms with Gasteiger partial charge in [-0.1, -0.05) is 48.5 Å². The fourth-order valence-corrected chi connectivity index (χ4v) is 6.05. The molecule has 42 heavy (non-hydrogen) atoms. The lowest BCUT2D eigenvalue weighted by atomic mass is 9.97. The van der Waals surface area contributed by atoms with Gasteiger partial charge in [-0.05, 0) is 76.1 Å². The topological polar surface area (TPSA) is 117 Å². The van der Waals surface area contributed by atoms with Crippen molar-refractivity contribution in [3.05, 3.63) is 109 Å². The largest absolute Gasteiger partial charge is 0.497 e. The van der Waals surface area contributed by atoms with Gasteiger partial charge in [-0.3, -0.25) is 13.9 Å². The van der Waals surface area contributed by atoms with E-state index in [4.69, 9.17) is 4.74 Å². The van der Waals surface area contributed by atoms with Gasteiger partial charge in [0.2, 0.25) is 5.91 Å². The summed E-state index contributed by atoms with van der Waals surface area (Å²) < 4.78 is 33.7. The first-order chi connectivity index (χ1) is 20.3. The lowest BCUT2D eigenvalue weighted by Crippen LogP contribution is -2.39. The van der Waals surface area contributed by atoms with Crippen molar-refractivity contribution in [2.75, 3.05) is 23.3 Å². The molecule has 0 bridgehead atoms. The van der Waals surface area contributed by atoms with Crippen molar-refractivity contribution in [2.45, 2.75) is 11.8 Å². The van der Waals surface area contributed by atoms with Crippen molar-refractivity contribution in [2.24, 2.45) is 5.10 Å². The van der Waals surface area contributed by atoms with E-state index in [2.05, 4.69) is 21.9 Å². The van der Waals surface area contributed by atoms with Crippen LogP contribution in [-0.4, -0.2) is 40.1 Å². The number of ether oxygens (including phenoxy) is 1. The SMILES string of the molecule is COc1ccc(N(CC(=O)N/N=C/c2c3ccccc3cc3ccccc23)S(=O)(=O)c2ccc(NC(C)=O)cc2)cc1. The highest BCUT2D eigenvalue weighted by Gasteiger charge is 2.27. The standard InChI is InChI=1S/C32H28N4O5S/c1-22(37)34-25-11-17-28(18-12-25)42(39,40)36(26-13-15-27(41-2)16-14-26)21-32(38)35-33-20-31-29-9-5-3-7-23(29)19-24-8-4-6-10-30(24)31/h3-20H,21H2,1-2H3,(H,34,37)(H,35,38)/b33-20+. The summed E-state index contributed by atoms with van der Waals surface area (Å²) in [6.45, 7) is 0.829. The van der Waals surface area contributed by atoms with Crippen molar-refractivity contribution in [1.29, 1.82) is 0 Å². The molecule has 212 valence electrons. The summed E-state index contributed by atoms with van der Waals surface area (Å²) in [4.78, 5) is 24.4. The highest BCUT2D eigenvalue weighted by atomic mass is 32.2. The maximum atomic E-state index is 13.7. The van der Waals surface area contributed by atoms with Crippen LogP contribution in [0.2, 0.25) is 0 Å². The van der Waals surface area contributed by atoms with E-state index in [1.165, 1.54) is 38.3 Å². The van der Waals surface area contributed by atoms with Crippen molar-refractivity contribution in [3.63, 3.8) is 0 Å². The van der Waals surface area contributed by atoms with Crippen molar-refractivity contribution >= 4 is 61.0 Å². The Balaban J connectivity index is 1.43. The van der Waals surface area contributed by atoms with Crippen LogP contribution >= 0.6 is 0 Å². The molecule has 2 N–H and O–H groups in total. The molecule has 5 rings (SSSR count). The van der Waals surface area contributed by atoms with Crippen LogP contribution in [0.3, 0.4) is 0 Å². The number of methoxy groups -OCH3 is 1. The third-order valence-corrected chi connectivity index (χ3v) is 8.39. The van der Waals surface area contributed by atoms with Crippen molar-refractivity contribution < 1.29 is 22.7 Å². The number of hydrazone groups is 1. The van der Waals surface area contributed by atoms with E-state index >= 15 is 0 Å². The van der Waals surface area contributed by atoms with Gasteiger partial charge in [0.25, 0.3) is 15.9 Å². The van der Waals surface area contributed by atoms with Gasteiger partial charge in [-0.25, -0.2) is 13.8 Å². The molecule has 0 radical (unpaired) electrons. The average molecular weight is 581 g/mol. The van der Waals surface area contributed by atoms with Gasteiger partial charge in [-0.15, -0.1) is 0 Å².